The van der Waals surface area contributed by atoms with E-state index in [-0.39, 0.29) is 22.3 Å². The summed E-state index contributed by atoms with van der Waals surface area (Å²) in [6.07, 6.45) is 0.760. The third-order valence-corrected chi connectivity index (χ3v) is 2.88. The molecule has 0 spiro atoms. The number of aliphatic hydroxyl groups is 1. The second-order valence-electron chi connectivity index (χ2n) is 4.05. The Morgan fingerprint density at radius 2 is 2.20 bits per heavy atom. The van der Waals surface area contributed by atoms with Crippen LogP contribution in [0.2, 0.25) is 5.02 Å². The van der Waals surface area contributed by atoms with E-state index in [1.165, 1.54) is 24.4 Å². The zero-order valence-electron chi connectivity index (χ0n) is 10.5. The van der Waals surface area contributed by atoms with E-state index in [0.717, 1.165) is 0 Å². The van der Waals surface area contributed by atoms with Gasteiger partial charge in [0, 0.05) is 23.9 Å². The summed E-state index contributed by atoms with van der Waals surface area (Å²) in [5.41, 5.74) is 0.376. The maximum Gasteiger partial charge on any atom is 0.271 e. The van der Waals surface area contributed by atoms with Gasteiger partial charge in [-0.1, -0.05) is 11.6 Å². The summed E-state index contributed by atoms with van der Waals surface area (Å²) < 4.78 is 5.51. The maximum atomic E-state index is 10.6. The molecule has 1 unspecified atom stereocenters. The minimum Gasteiger partial charge on any atom is -0.437 e. The first-order valence-corrected chi connectivity index (χ1v) is 6.11. The van der Waals surface area contributed by atoms with Gasteiger partial charge >= 0.3 is 0 Å². The summed E-state index contributed by atoms with van der Waals surface area (Å²) in [5.74, 6) is 0.441. The zero-order valence-corrected chi connectivity index (χ0v) is 11.2. The van der Waals surface area contributed by atoms with Crippen molar-refractivity contribution in [3.63, 3.8) is 0 Å². The molecule has 0 amide bonds. The van der Waals surface area contributed by atoms with Crippen LogP contribution in [0.15, 0.2) is 36.5 Å². The van der Waals surface area contributed by atoms with Crippen molar-refractivity contribution in [1.82, 2.24) is 4.98 Å². The third kappa shape index (κ3) is 3.04. The number of ether oxygens (including phenoxy) is 1. The number of nitro benzene ring substituents is 1. The van der Waals surface area contributed by atoms with Crippen LogP contribution >= 0.6 is 11.6 Å². The van der Waals surface area contributed by atoms with Gasteiger partial charge < -0.3 is 9.84 Å². The molecular formula is C13H11ClN2O4. The molecule has 0 saturated heterocycles. The number of hydrogen-bond acceptors (Lipinski definition) is 5. The lowest BCUT2D eigenvalue weighted by Gasteiger charge is -2.12. The lowest BCUT2D eigenvalue weighted by Crippen LogP contribution is -1.98. The molecule has 104 valence electrons. The Morgan fingerprint density at radius 3 is 2.80 bits per heavy atom. The molecule has 1 heterocycles. The van der Waals surface area contributed by atoms with Crippen LogP contribution in [-0.4, -0.2) is 15.0 Å². The Hall–Kier alpha value is -2.18. The number of benzene rings is 1. The molecule has 0 aliphatic rings. The molecule has 0 fully saturated rings. The van der Waals surface area contributed by atoms with Crippen LogP contribution in [0.4, 0.5) is 5.69 Å². The highest BCUT2D eigenvalue weighted by Gasteiger charge is 2.14. The fourth-order valence-corrected chi connectivity index (χ4v) is 1.81. The highest BCUT2D eigenvalue weighted by molar-refractivity contribution is 6.32. The first-order chi connectivity index (χ1) is 9.49. The van der Waals surface area contributed by atoms with E-state index in [1.807, 2.05) is 0 Å². The van der Waals surface area contributed by atoms with Crippen molar-refractivity contribution in [2.45, 2.75) is 13.0 Å². The van der Waals surface area contributed by atoms with Crippen LogP contribution in [0, 0.1) is 10.1 Å². The van der Waals surface area contributed by atoms with Crippen molar-refractivity contribution in [2.75, 3.05) is 0 Å². The van der Waals surface area contributed by atoms with E-state index in [1.54, 1.807) is 19.1 Å². The van der Waals surface area contributed by atoms with Crippen molar-refractivity contribution in [1.29, 1.82) is 0 Å². The summed E-state index contributed by atoms with van der Waals surface area (Å²) in [4.78, 5) is 14.1. The Bertz CT molecular complexity index is 646. The molecule has 1 aromatic heterocycles. The van der Waals surface area contributed by atoms with Crippen molar-refractivity contribution in [3.8, 4) is 11.6 Å². The summed E-state index contributed by atoms with van der Waals surface area (Å²) in [6, 6.07) is 7.22. The predicted octanol–water partition coefficient (Wildman–Crippen LogP) is 3.49. The summed E-state index contributed by atoms with van der Waals surface area (Å²) in [6.45, 7) is 1.58. The number of rotatable bonds is 4. The van der Waals surface area contributed by atoms with Crippen molar-refractivity contribution in [3.05, 3.63) is 57.2 Å². The second kappa shape index (κ2) is 5.85. The second-order valence-corrected chi connectivity index (χ2v) is 4.45. The van der Waals surface area contributed by atoms with Crippen molar-refractivity contribution in [2.24, 2.45) is 0 Å². The number of halogens is 1. The molecule has 2 rings (SSSR count). The van der Waals surface area contributed by atoms with Gasteiger partial charge in [-0.2, -0.15) is 0 Å². The lowest BCUT2D eigenvalue weighted by molar-refractivity contribution is -0.384. The average molecular weight is 295 g/mol. The van der Waals surface area contributed by atoms with Crippen LogP contribution in [0.25, 0.3) is 0 Å². The molecule has 20 heavy (non-hydrogen) atoms. The Labute approximate surface area is 119 Å². The molecule has 0 saturated carbocycles. The normalized spacial score (nSPS) is 11.9. The van der Waals surface area contributed by atoms with Gasteiger partial charge in [-0.15, -0.1) is 0 Å². The maximum absolute atomic E-state index is 10.6. The molecule has 0 radical (unpaired) electrons. The number of aliphatic hydroxyl groups excluding tert-OH is 1. The minimum absolute atomic E-state index is 0.0985. The predicted molar refractivity (Wildman–Crippen MR) is 73.1 cm³/mol. The van der Waals surface area contributed by atoms with Crippen molar-refractivity contribution >= 4 is 17.3 Å². The fraction of sp³-hybridized carbons (Fsp3) is 0.154. The molecular weight excluding hydrogens is 284 g/mol. The van der Waals surface area contributed by atoms with Crippen LogP contribution in [0.1, 0.15) is 18.6 Å². The van der Waals surface area contributed by atoms with E-state index >= 15 is 0 Å². The molecule has 1 N–H and O–H groups in total. The standard InChI is InChI=1S/C13H11ClN2O4/c1-8(17)10-3-2-6-15-13(10)20-12-5-4-9(16(18)19)7-11(12)14/h2-8,17H,1H3. The van der Waals surface area contributed by atoms with E-state index in [9.17, 15) is 15.2 Å². The summed E-state index contributed by atoms with van der Waals surface area (Å²) >= 11 is 5.94. The van der Waals surface area contributed by atoms with E-state index in [0.29, 0.717) is 5.56 Å². The van der Waals surface area contributed by atoms with E-state index < -0.39 is 11.0 Å². The number of non-ortho nitro benzene ring substituents is 1. The topological polar surface area (TPSA) is 85.5 Å². The molecule has 2 aromatic rings. The number of hydrogen-bond donors (Lipinski definition) is 1. The largest absolute Gasteiger partial charge is 0.437 e. The third-order valence-electron chi connectivity index (χ3n) is 2.58. The first-order valence-electron chi connectivity index (χ1n) is 5.74. The summed E-state index contributed by atoms with van der Waals surface area (Å²) in [5, 5.41) is 20.4. The quantitative estimate of drug-likeness (QED) is 0.689. The molecule has 0 aliphatic carbocycles. The Balaban J connectivity index is 2.33. The number of nitrogens with zero attached hydrogens (tertiary/aromatic N) is 2. The number of nitro groups is 1. The highest BCUT2D eigenvalue weighted by Crippen LogP contribution is 2.34. The van der Waals surface area contributed by atoms with Crippen LogP contribution in [0.3, 0.4) is 0 Å². The van der Waals surface area contributed by atoms with Gasteiger partial charge in [0.25, 0.3) is 5.69 Å². The van der Waals surface area contributed by atoms with Gasteiger partial charge in [0.15, 0.2) is 0 Å². The van der Waals surface area contributed by atoms with Gasteiger partial charge in [0.05, 0.1) is 16.0 Å². The smallest absolute Gasteiger partial charge is 0.271 e. The molecule has 7 heteroatoms. The zero-order chi connectivity index (χ0) is 14.7. The lowest BCUT2D eigenvalue weighted by atomic mass is 10.2. The molecule has 1 atom stereocenters. The molecule has 0 aliphatic heterocycles. The van der Waals surface area contributed by atoms with Gasteiger partial charge in [-0.3, -0.25) is 10.1 Å². The van der Waals surface area contributed by atoms with Gasteiger partial charge in [-0.25, -0.2) is 4.98 Å². The first kappa shape index (κ1) is 14.2. The SMILES string of the molecule is CC(O)c1cccnc1Oc1ccc([N+](=O)[O-])cc1Cl. The average Bonchev–Trinajstić information content (AvgIpc) is 2.41. The van der Waals surface area contributed by atoms with E-state index in [2.05, 4.69) is 4.98 Å². The van der Waals surface area contributed by atoms with Gasteiger partial charge in [0.2, 0.25) is 5.88 Å². The minimum atomic E-state index is -0.754. The molecule has 1 aromatic carbocycles. The van der Waals surface area contributed by atoms with Crippen LogP contribution < -0.4 is 4.74 Å². The Morgan fingerprint density at radius 1 is 1.45 bits per heavy atom. The molecule has 6 nitrogen and oxygen atoms in total. The monoisotopic (exact) mass is 294 g/mol. The van der Waals surface area contributed by atoms with Gasteiger partial charge in [-0.05, 0) is 25.1 Å². The summed E-state index contributed by atoms with van der Waals surface area (Å²) in [7, 11) is 0. The number of aromatic nitrogens is 1. The highest BCUT2D eigenvalue weighted by atomic mass is 35.5. The van der Waals surface area contributed by atoms with Crippen molar-refractivity contribution < 1.29 is 14.8 Å². The van der Waals surface area contributed by atoms with Gasteiger partial charge in [0.1, 0.15) is 5.75 Å². The molecule has 0 bridgehead atoms. The number of pyridine rings is 1. The fourth-order valence-electron chi connectivity index (χ4n) is 1.60. The van der Waals surface area contributed by atoms with Crippen LogP contribution in [-0.2, 0) is 0 Å². The Kier molecular flexibility index (Phi) is 4.16. The van der Waals surface area contributed by atoms with E-state index in [4.69, 9.17) is 16.3 Å². The van der Waals surface area contributed by atoms with Crippen LogP contribution in [0.5, 0.6) is 11.6 Å².